The smallest absolute Gasteiger partial charge is 0.00615 e. The third kappa shape index (κ3) is 6.42. The molecule has 0 aromatic carbocycles. The summed E-state index contributed by atoms with van der Waals surface area (Å²) in [4.78, 5) is 0. The molecule has 1 N–H and O–H groups in total. The fourth-order valence-corrected chi connectivity index (χ4v) is 3.23. The maximum absolute atomic E-state index is 3.38. The Morgan fingerprint density at radius 1 is 1.26 bits per heavy atom. The van der Waals surface area contributed by atoms with Crippen LogP contribution in [-0.4, -0.2) is 13.1 Å². The Morgan fingerprint density at radius 2 is 2.11 bits per heavy atom. The lowest BCUT2D eigenvalue weighted by atomic mass is 9.92. The molecule has 0 saturated heterocycles. The number of hydrogen-bond acceptors (Lipinski definition) is 1. The minimum absolute atomic E-state index is 0.710. The van der Waals surface area contributed by atoms with Crippen molar-refractivity contribution >= 4 is 0 Å². The van der Waals surface area contributed by atoms with Gasteiger partial charge in [-0.3, -0.25) is 0 Å². The van der Waals surface area contributed by atoms with Crippen molar-refractivity contribution in [1.82, 2.24) is 5.32 Å². The molecule has 1 aliphatic carbocycles. The van der Waals surface area contributed by atoms with E-state index in [1.54, 1.807) is 0 Å². The molecule has 0 spiro atoms. The molecule has 0 aromatic heterocycles. The molecule has 0 bridgehead atoms. The number of hydrogen-bond donors (Lipinski definition) is 1. The lowest BCUT2D eigenvalue weighted by Gasteiger charge is -2.14. The summed E-state index contributed by atoms with van der Waals surface area (Å²) in [5, 5.41) is 3.38. The van der Waals surface area contributed by atoms with Crippen molar-refractivity contribution < 1.29 is 0 Å². The fourth-order valence-electron chi connectivity index (χ4n) is 3.23. The van der Waals surface area contributed by atoms with E-state index in [0.29, 0.717) is 6.04 Å². The maximum atomic E-state index is 3.38. The summed E-state index contributed by atoms with van der Waals surface area (Å²) in [6.45, 7) is 4.40. The number of unbranched alkanes of at least 4 members (excludes halogenated alkanes) is 1. The van der Waals surface area contributed by atoms with Crippen molar-refractivity contribution in [2.45, 2.75) is 71.3 Å². The molecule has 1 heteroatoms. The van der Waals surface area contributed by atoms with Gasteiger partial charge in [0.15, 0.2) is 0 Å². The minimum Gasteiger partial charge on any atom is -0.317 e. The Labute approximate surface area is 120 Å². The van der Waals surface area contributed by atoms with E-state index in [1.165, 1.54) is 51.4 Å². The first-order valence-electron chi connectivity index (χ1n) is 8.26. The molecule has 1 fully saturated rings. The molecule has 0 heterocycles. The van der Waals surface area contributed by atoms with Crippen molar-refractivity contribution in [2.24, 2.45) is 11.8 Å². The van der Waals surface area contributed by atoms with Gasteiger partial charge in [0.05, 0.1) is 0 Å². The van der Waals surface area contributed by atoms with Gasteiger partial charge in [0.1, 0.15) is 0 Å². The Balaban J connectivity index is 2.20. The van der Waals surface area contributed by atoms with E-state index < -0.39 is 0 Å². The molecule has 1 aliphatic rings. The topological polar surface area (TPSA) is 12.0 Å². The summed E-state index contributed by atoms with van der Waals surface area (Å²) in [5.74, 6) is 1.76. The highest BCUT2D eigenvalue weighted by molar-refractivity contribution is 4.97. The second-order valence-electron chi connectivity index (χ2n) is 5.91. The predicted octanol–water partition coefficient (Wildman–Crippen LogP) is 5.09. The Kier molecular flexibility index (Phi) is 8.90. The van der Waals surface area contributed by atoms with Crippen LogP contribution >= 0.6 is 0 Å². The highest BCUT2D eigenvalue weighted by Crippen LogP contribution is 2.35. The van der Waals surface area contributed by atoms with Crippen LogP contribution in [0.5, 0.6) is 0 Å². The van der Waals surface area contributed by atoms with Crippen molar-refractivity contribution in [1.29, 1.82) is 0 Å². The molecule has 0 aliphatic heterocycles. The molecule has 1 saturated carbocycles. The molecule has 0 amide bonds. The van der Waals surface area contributed by atoms with Crippen LogP contribution in [0.2, 0.25) is 0 Å². The van der Waals surface area contributed by atoms with Crippen molar-refractivity contribution in [2.75, 3.05) is 7.05 Å². The molecule has 0 aromatic rings. The van der Waals surface area contributed by atoms with Gasteiger partial charge >= 0.3 is 0 Å². The SMILES string of the molecule is C/C=C/CC1CCCC1/C=C/CCCC(CC)NC. The molecule has 1 rings (SSSR count). The van der Waals surface area contributed by atoms with Crippen LogP contribution in [-0.2, 0) is 0 Å². The van der Waals surface area contributed by atoms with E-state index in [0.717, 1.165) is 11.8 Å². The van der Waals surface area contributed by atoms with Gasteiger partial charge in [-0.2, -0.15) is 0 Å². The quantitative estimate of drug-likeness (QED) is 0.451. The Morgan fingerprint density at radius 3 is 2.79 bits per heavy atom. The second-order valence-corrected chi connectivity index (χ2v) is 5.91. The van der Waals surface area contributed by atoms with Crippen LogP contribution in [0.1, 0.15) is 65.2 Å². The third-order valence-electron chi connectivity index (χ3n) is 4.60. The first-order chi connectivity index (χ1) is 9.31. The van der Waals surface area contributed by atoms with E-state index >= 15 is 0 Å². The summed E-state index contributed by atoms with van der Waals surface area (Å²) < 4.78 is 0. The van der Waals surface area contributed by atoms with E-state index in [2.05, 4.69) is 50.5 Å². The van der Waals surface area contributed by atoms with Gasteiger partial charge in [0.2, 0.25) is 0 Å². The van der Waals surface area contributed by atoms with Crippen molar-refractivity contribution in [3.63, 3.8) is 0 Å². The van der Waals surface area contributed by atoms with E-state index in [4.69, 9.17) is 0 Å². The van der Waals surface area contributed by atoms with Crippen LogP contribution in [0.15, 0.2) is 24.3 Å². The van der Waals surface area contributed by atoms with Crippen LogP contribution in [0.3, 0.4) is 0 Å². The highest BCUT2D eigenvalue weighted by atomic mass is 14.9. The number of allylic oxidation sites excluding steroid dienone is 4. The zero-order valence-electron chi connectivity index (χ0n) is 13.2. The van der Waals surface area contributed by atoms with E-state index in [1.807, 2.05) is 0 Å². The van der Waals surface area contributed by atoms with Gasteiger partial charge in [-0.05, 0) is 70.8 Å². The fraction of sp³-hybridized carbons (Fsp3) is 0.778. The summed E-state index contributed by atoms with van der Waals surface area (Å²) in [7, 11) is 2.08. The average molecular weight is 263 g/mol. The first kappa shape index (κ1) is 16.5. The van der Waals surface area contributed by atoms with Crippen LogP contribution in [0.25, 0.3) is 0 Å². The van der Waals surface area contributed by atoms with Crippen LogP contribution in [0, 0.1) is 11.8 Å². The first-order valence-corrected chi connectivity index (χ1v) is 8.26. The van der Waals surface area contributed by atoms with E-state index in [-0.39, 0.29) is 0 Å². The molecule has 3 atom stereocenters. The lowest BCUT2D eigenvalue weighted by molar-refractivity contribution is 0.461. The lowest BCUT2D eigenvalue weighted by Crippen LogP contribution is -2.23. The van der Waals surface area contributed by atoms with Gasteiger partial charge in [-0.1, -0.05) is 37.6 Å². The van der Waals surface area contributed by atoms with Gasteiger partial charge < -0.3 is 5.32 Å². The van der Waals surface area contributed by atoms with Crippen molar-refractivity contribution in [3.8, 4) is 0 Å². The number of nitrogens with one attached hydrogen (secondary N) is 1. The Hall–Kier alpha value is -0.560. The predicted molar refractivity (Wildman–Crippen MR) is 86.4 cm³/mol. The molecule has 110 valence electrons. The molecule has 0 radical (unpaired) electrons. The van der Waals surface area contributed by atoms with E-state index in [9.17, 15) is 0 Å². The summed E-state index contributed by atoms with van der Waals surface area (Å²) in [6.07, 6.45) is 20.2. The third-order valence-corrected chi connectivity index (χ3v) is 4.60. The van der Waals surface area contributed by atoms with Gasteiger partial charge in [-0.15, -0.1) is 0 Å². The summed E-state index contributed by atoms with van der Waals surface area (Å²) in [5.41, 5.74) is 0. The highest BCUT2D eigenvalue weighted by Gasteiger charge is 2.23. The maximum Gasteiger partial charge on any atom is 0.00615 e. The van der Waals surface area contributed by atoms with Gasteiger partial charge in [-0.25, -0.2) is 0 Å². The standard InChI is InChI=1S/C18H33N/c1-4-6-11-16-13-10-14-17(16)12-8-7-9-15-18(5-2)19-3/h4,6,8,12,16-19H,5,7,9-11,13-15H2,1-3H3/b6-4+,12-8+. The average Bonchev–Trinajstić information content (AvgIpc) is 2.88. The Bertz CT molecular complexity index is 263. The molecule has 1 nitrogen and oxygen atoms in total. The van der Waals surface area contributed by atoms with Gasteiger partial charge in [0, 0.05) is 6.04 Å². The zero-order valence-corrected chi connectivity index (χ0v) is 13.2. The van der Waals surface area contributed by atoms with Crippen LogP contribution < -0.4 is 5.32 Å². The molecular formula is C18H33N. The minimum atomic E-state index is 0.710. The normalized spacial score (nSPS) is 25.6. The van der Waals surface area contributed by atoms with Gasteiger partial charge in [0.25, 0.3) is 0 Å². The van der Waals surface area contributed by atoms with Crippen molar-refractivity contribution in [3.05, 3.63) is 24.3 Å². The molecular weight excluding hydrogens is 230 g/mol. The zero-order chi connectivity index (χ0) is 13.9. The second kappa shape index (κ2) is 10.3. The summed E-state index contributed by atoms with van der Waals surface area (Å²) >= 11 is 0. The monoisotopic (exact) mass is 263 g/mol. The molecule has 19 heavy (non-hydrogen) atoms. The van der Waals surface area contributed by atoms with Crippen LogP contribution in [0.4, 0.5) is 0 Å². The number of rotatable bonds is 9. The largest absolute Gasteiger partial charge is 0.317 e. The molecule has 3 unspecified atom stereocenters. The summed E-state index contributed by atoms with van der Waals surface area (Å²) in [6, 6.07) is 0.710.